The standard InChI is InChI=1S/C47H62F2N5O7PS/c1-6-20-60-46(58)29(4)51-62(59,61-28(2)3)42(49)31-12-17-40-32(21-31)22-41(63-40)43(55)50-38-15-13-35(52(5)37-23-34(48)24-37)25-36-14-16-39(54(36)44(38)56)45(57)53-27-33(26-47(53)18-19-47)30-10-8-7-9-11-30/h7-12,17,21-22,28-29,33-39,42H,6,13-16,18-20,23-27H2,1-5H3,(H,50,55)(H,51,59)/t29-,33+,34?,35-,36+,37?,38-,39-,42+,62?/m0/s1. The van der Waals surface area contributed by atoms with E-state index in [1.165, 1.54) is 36.0 Å². The lowest BCUT2D eigenvalue weighted by atomic mass is 9.86. The predicted octanol–water partition coefficient (Wildman–Crippen LogP) is 8.41. The van der Waals surface area contributed by atoms with Crippen molar-refractivity contribution < 1.29 is 41.8 Å². The summed E-state index contributed by atoms with van der Waals surface area (Å²) in [5, 5.41) is 6.17. The minimum Gasteiger partial charge on any atom is -0.465 e. The van der Waals surface area contributed by atoms with Gasteiger partial charge in [-0.15, -0.1) is 11.3 Å². The van der Waals surface area contributed by atoms with Gasteiger partial charge in [0.25, 0.3) is 5.91 Å². The highest BCUT2D eigenvalue weighted by molar-refractivity contribution is 7.57. The van der Waals surface area contributed by atoms with E-state index in [4.69, 9.17) is 9.26 Å². The van der Waals surface area contributed by atoms with Crippen molar-refractivity contribution in [3.8, 4) is 0 Å². The molecule has 2 aliphatic carbocycles. The van der Waals surface area contributed by atoms with Crippen molar-refractivity contribution in [3.63, 3.8) is 0 Å². The molecule has 2 aromatic carbocycles. The molecule has 5 fully saturated rings. The quantitative estimate of drug-likeness (QED) is 0.114. The number of benzene rings is 2. The molecule has 3 aliphatic heterocycles. The van der Waals surface area contributed by atoms with Crippen molar-refractivity contribution in [1.29, 1.82) is 0 Å². The maximum atomic E-state index is 16.4. The molecule has 8 rings (SSSR count). The lowest BCUT2D eigenvalue weighted by molar-refractivity contribution is -0.148. The second-order valence-corrected chi connectivity index (χ2v) is 22.1. The third-order valence-electron chi connectivity index (χ3n) is 14.0. The third kappa shape index (κ3) is 9.50. The van der Waals surface area contributed by atoms with Crippen molar-refractivity contribution in [2.75, 3.05) is 20.2 Å². The molecular weight excluding hydrogens is 848 g/mol. The van der Waals surface area contributed by atoms with Crippen LogP contribution < -0.4 is 10.4 Å². The summed E-state index contributed by atoms with van der Waals surface area (Å²) in [4.78, 5) is 62.8. The summed E-state index contributed by atoms with van der Waals surface area (Å²) in [6, 6.07) is 13.9. The second kappa shape index (κ2) is 18.6. The van der Waals surface area contributed by atoms with Crippen LogP contribution in [0.15, 0.2) is 54.6 Å². The van der Waals surface area contributed by atoms with E-state index in [0.29, 0.717) is 72.9 Å². The first kappa shape index (κ1) is 45.8. The van der Waals surface area contributed by atoms with Gasteiger partial charge in [0.2, 0.25) is 17.7 Å². The number of ether oxygens (including phenoxy) is 1. The lowest BCUT2D eigenvalue weighted by Crippen LogP contribution is -2.59. The molecule has 8 atom stereocenters. The first-order chi connectivity index (χ1) is 30.1. The Bertz CT molecular complexity index is 2220. The zero-order valence-corrected chi connectivity index (χ0v) is 38.7. The number of hydrogen-bond donors (Lipinski definition) is 2. The number of nitrogens with one attached hydrogen (secondary N) is 2. The number of amides is 3. The van der Waals surface area contributed by atoms with E-state index in [0.717, 1.165) is 19.3 Å². The molecule has 3 saturated heterocycles. The van der Waals surface area contributed by atoms with Crippen molar-refractivity contribution >= 4 is 52.6 Å². The van der Waals surface area contributed by atoms with Gasteiger partial charge in [0.05, 0.1) is 17.6 Å². The number of carbonyl (C=O) groups excluding carboxylic acids is 4. The van der Waals surface area contributed by atoms with Crippen LogP contribution >= 0.6 is 18.9 Å². The van der Waals surface area contributed by atoms with Crippen molar-refractivity contribution in [2.45, 2.75) is 164 Å². The van der Waals surface area contributed by atoms with Crippen LogP contribution in [0.1, 0.15) is 131 Å². The zero-order chi connectivity index (χ0) is 44.8. The number of fused-ring (bicyclic) bond motifs is 2. The van der Waals surface area contributed by atoms with Gasteiger partial charge in [0.15, 0.2) is 0 Å². The van der Waals surface area contributed by atoms with E-state index in [9.17, 15) is 28.1 Å². The molecule has 1 spiro atoms. The van der Waals surface area contributed by atoms with Crippen LogP contribution in [-0.4, -0.2) is 113 Å². The smallest absolute Gasteiger partial charge is 0.323 e. The molecule has 342 valence electrons. The molecule has 63 heavy (non-hydrogen) atoms. The fourth-order valence-corrected chi connectivity index (χ4v) is 13.5. The number of hydrogen-bond acceptors (Lipinski definition) is 9. The molecule has 16 heteroatoms. The Hall–Kier alpha value is -3.75. The molecule has 3 amide bonds. The van der Waals surface area contributed by atoms with Gasteiger partial charge < -0.3 is 29.3 Å². The minimum atomic E-state index is -4.31. The van der Waals surface area contributed by atoms with Gasteiger partial charge in [-0.05, 0) is 133 Å². The normalized spacial score (nSPS) is 28.6. The largest absolute Gasteiger partial charge is 0.465 e. The summed E-state index contributed by atoms with van der Waals surface area (Å²) in [5.74, 6) is -3.30. The summed E-state index contributed by atoms with van der Waals surface area (Å²) < 4.78 is 56.0. The molecule has 1 aromatic heterocycles. The Balaban J connectivity index is 1.02. The first-order valence-corrected chi connectivity index (χ1v) is 25.4. The van der Waals surface area contributed by atoms with Gasteiger partial charge in [-0.25, -0.2) is 13.9 Å². The van der Waals surface area contributed by atoms with Crippen LogP contribution in [-0.2, 0) is 28.2 Å². The van der Waals surface area contributed by atoms with Gasteiger partial charge in [0.1, 0.15) is 24.3 Å². The number of esters is 1. The topological polar surface area (TPSA) is 138 Å². The van der Waals surface area contributed by atoms with E-state index in [1.54, 1.807) is 30.9 Å². The summed E-state index contributed by atoms with van der Waals surface area (Å²) in [5.41, 5.74) is 1.09. The molecule has 2 saturated carbocycles. The summed E-state index contributed by atoms with van der Waals surface area (Å²) in [6.07, 6.45) is 5.79. The lowest BCUT2D eigenvalue weighted by Gasteiger charge is -2.45. The zero-order valence-electron chi connectivity index (χ0n) is 37.0. The highest BCUT2D eigenvalue weighted by atomic mass is 32.1. The van der Waals surface area contributed by atoms with Gasteiger partial charge in [-0.2, -0.15) is 0 Å². The summed E-state index contributed by atoms with van der Waals surface area (Å²) in [6.45, 7) is 7.34. The maximum absolute atomic E-state index is 16.4. The van der Waals surface area contributed by atoms with Gasteiger partial charge in [-0.1, -0.05) is 43.3 Å². The van der Waals surface area contributed by atoms with Crippen LogP contribution in [0.4, 0.5) is 8.78 Å². The maximum Gasteiger partial charge on any atom is 0.323 e. The van der Waals surface area contributed by atoms with Crippen LogP contribution in [0.5, 0.6) is 0 Å². The van der Waals surface area contributed by atoms with Gasteiger partial charge >= 0.3 is 13.5 Å². The number of rotatable bonds is 15. The molecular formula is C47H62F2N5O7PS. The van der Waals surface area contributed by atoms with Crippen molar-refractivity contribution in [2.24, 2.45) is 0 Å². The van der Waals surface area contributed by atoms with E-state index < -0.39 is 55.7 Å². The first-order valence-electron chi connectivity index (χ1n) is 22.8. The SMILES string of the molecule is CCCOC(=O)[C@H](C)NP(=O)(OC(C)C)[C@@H](F)c1ccc2sc(C(=O)N[C@H]3CC[C@H](N(C)C4CC(F)C4)C[C@H]4CC[C@@H](C(=O)N5C[C@H](c6ccccc6)CC56CC6)N4C3=O)cc2c1. The van der Waals surface area contributed by atoms with Crippen LogP contribution in [0.2, 0.25) is 0 Å². The van der Waals surface area contributed by atoms with Gasteiger partial charge in [0, 0.05) is 40.8 Å². The highest BCUT2D eigenvalue weighted by Gasteiger charge is 2.59. The average molecular weight is 910 g/mol. The Labute approximate surface area is 373 Å². The molecule has 3 aromatic rings. The monoisotopic (exact) mass is 909 g/mol. The Morgan fingerprint density at radius 1 is 1.00 bits per heavy atom. The number of halogens is 2. The van der Waals surface area contributed by atoms with Gasteiger partial charge in [-0.3, -0.25) is 23.7 Å². The minimum absolute atomic E-state index is 0.00694. The number of nitrogens with zero attached hydrogens (tertiary/aromatic N) is 3. The predicted molar refractivity (Wildman–Crippen MR) is 239 cm³/mol. The van der Waals surface area contributed by atoms with E-state index in [-0.39, 0.29) is 53.6 Å². The van der Waals surface area contributed by atoms with Crippen molar-refractivity contribution in [1.82, 2.24) is 25.1 Å². The third-order valence-corrected chi connectivity index (χ3v) is 17.5. The highest BCUT2D eigenvalue weighted by Crippen LogP contribution is 2.59. The van der Waals surface area contributed by atoms with Crippen LogP contribution in [0.25, 0.3) is 10.1 Å². The number of alkyl halides is 2. The molecule has 0 bridgehead atoms. The summed E-state index contributed by atoms with van der Waals surface area (Å²) in [7, 11) is -2.28. The van der Waals surface area contributed by atoms with E-state index >= 15 is 4.39 Å². The molecule has 4 heterocycles. The second-order valence-electron chi connectivity index (χ2n) is 18.9. The molecule has 0 radical (unpaired) electrons. The molecule has 1 unspecified atom stereocenters. The van der Waals surface area contributed by atoms with E-state index in [2.05, 4.69) is 32.3 Å². The molecule has 5 aliphatic rings. The Morgan fingerprint density at radius 3 is 2.43 bits per heavy atom. The fourth-order valence-electron chi connectivity index (χ4n) is 10.4. The Kier molecular flexibility index (Phi) is 13.5. The fraction of sp³-hybridized carbons (Fsp3) is 0.617. The van der Waals surface area contributed by atoms with Crippen LogP contribution in [0.3, 0.4) is 0 Å². The molecule has 12 nitrogen and oxygen atoms in total. The number of carbonyl (C=O) groups is 4. The van der Waals surface area contributed by atoms with Crippen molar-refractivity contribution in [3.05, 3.63) is 70.6 Å². The van der Waals surface area contributed by atoms with E-state index in [1.807, 2.05) is 32.2 Å². The summed E-state index contributed by atoms with van der Waals surface area (Å²) >= 11 is 1.19. The number of thiophene rings is 1. The average Bonchev–Trinajstić information content (AvgIpc) is 3.53. The van der Waals surface area contributed by atoms with Crippen LogP contribution in [0, 0.1) is 0 Å². The number of likely N-dealkylation sites (tertiary alicyclic amines) is 1. The molecule has 2 N–H and O–H groups in total. The Morgan fingerprint density at radius 2 is 1.75 bits per heavy atom.